The van der Waals surface area contributed by atoms with Crippen LogP contribution in [0.15, 0.2) is 24.3 Å². The Morgan fingerprint density at radius 2 is 1.72 bits per heavy atom. The van der Waals surface area contributed by atoms with Crippen LogP contribution in [0.5, 0.6) is 0 Å². The Morgan fingerprint density at radius 3 is 2.22 bits per heavy atom. The summed E-state index contributed by atoms with van der Waals surface area (Å²) < 4.78 is 0. The Morgan fingerprint density at radius 1 is 1.17 bits per heavy atom. The fourth-order valence-electron chi connectivity index (χ4n) is 1.80. The van der Waals surface area contributed by atoms with E-state index in [0.29, 0.717) is 11.1 Å². The van der Waals surface area contributed by atoms with Crippen molar-refractivity contribution in [3.05, 3.63) is 45.5 Å². The zero-order valence-corrected chi connectivity index (χ0v) is 9.37. The normalized spacial score (nSPS) is 13.7. The van der Waals surface area contributed by atoms with E-state index in [1.54, 1.807) is 24.3 Å². The van der Waals surface area contributed by atoms with Gasteiger partial charge in [0.25, 0.3) is 16.9 Å². The molecule has 0 bridgehead atoms. The van der Waals surface area contributed by atoms with Gasteiger partial charge in [-0.25, -0.2) is 0 Å². The van der Waals surface area contributed by atoms with E-state index in [4.69, 9.17) is 0 Å². The molecule has 1 aromatic carbocycles. The van der Waals surface area contributed by atoms with E-state index in [9.17, 15) is 19.7 Å². The van der Waals surface area contributed by atoms with E-state index in [-0.39, 0.29) is 31.4 Å². The largest absolute Gasteiger partial charge is 0.314 e. The first-order chi connectivity index (χ1) is 8.61. The van der Waals surface area contributed by atoms with Crippen molar-refractivity contribution in [2.24, 2.45) is 0 Å². The monoisotopic (exact) mass is 250 g/mol. The molecule has 1 aromatic rings. The standard InChI is InChI=1S/C11H10N2O5/c14-10-8-4-1-2-5-9(8)11(15)12(10)6-3-7-18-13(16)17/h1-2,4-5H,3,6-7H2. The van der Waals surface area contributed by atoms with Gasteiger partial charge in [0, 0.05) is 6.54 Å². The van der Waals surface area contributed by atoms with Crippen LogP contribution >= 0.6 is 0 Å². The van der Waals surface area contributed by atoms with E-state index >= 15 is 0 Å². The third-order valence-corrected chi connectivity index (χ3v) is 2.60. The molecule has 1 aliphatic rings. The van der Waals surface area contributed by atoms with Crippen LogP contribution in [-0.2, 0) is 4.84 Å². The lowest BCUT2D eigenvalue weighted by Gasteiger charge is -2.12. The molecule has 0 saturated heterocycles. The summed E-state index contributed by atoms with van der Waals surface area (Å²) in [5.74, 6) is -0.728. The zero-order valence-electron chi connectivity index (χ0n) is 9.37. The topological polar surface area (TPSA) is 89.8 Å². The Hall–Kier alpha value is -2.44. The first-order valence-corrected chi connectivity index (χ1v) is 5.34. The summed E-state index contributed by atoms with van der Waals surface area (Å²) in [6.07, 6.45) is 0.229. The molecule has 0 aromatic heterocycles. The van der Waals surface area contributed by atoms with E-state index < -0.39 is 5.09 Å². The van der Waals surface area contributed by atoms with Crippen molar-refractivity contribution in [3.63, 3.8) is 0 Å². The Bertz CT molecular complexity index is 479. The number of hydrogen-bond acceptors (Lipinski definition) is 5. The number of carbonyl (C=O) groups excluding carboxylic acids is 2. The molecule has 2 amide bonds. The molecule has 0 atom stereocenters. The fourth-order valence-corrected chi connectivity index (χ4v) is 1.80. The van der Waals surface area contributed by atoms with Crippen molar-refractivity contribution in [2.75, 3.05) is 13.2 Å². The van der Waals surface area contributed by atoms with Crippen LogP contribution in [0.4, 0.5) is 0 Å². The maximum atomic E-state index is 11.9. The van der Waals surface area contributed by atoms with Crippen LogP contribution in [0.3, 0.4) is 0 Å². The number of benzene rings is 1. The molecule has 2 rings (SSSR count). The molecule has 0 fully saturated rings. The van der Waals surface area contributed by atoms with Crippen LogP contribution in [0.2, 0.25) is 0 Å². The molecule has 0 saturated carbocycles. The third kappa shape index (κ3) is 2.15. The molecule has 0 aliphatic carbocycles. The molecule has 1 heterocycles. The van der Waals surface area contributed by atoms with Gasteiger partial charge < -0.3 is 4.84 Å². The maximum Gasteiger partial charge on any atom is 0.294 e. The summed E-state index contributed by atoms with van der Waals surface area (Å²) in [5, 5.41) is 9.04. The highest BCUT2D eigenvalue weighted by atomic mass is 16.9. The van der Waals surface area contributed by atoms with Crippen LogP contribution in [0, 0.1) is 10.1 Å². The highest BCUT2D eigenvalue weighted by Gasteiger charge is 2.34. The van der Waals surface area contributed by atoms with Crippen LogP contribution in [0.25, 0.3) is 0 Å². The molecule has 7 heteroatoms. The number of hydrogen-bond donors (Lipinski definition) is 0. The van der Waals surface area contributed by atoms with Crippen molar-refractivity contribution in [1.82, 2.24) is 4.90 Å². The smallest absolute Gasteiger partial charge is 0.294 e. The molecule has 18 heavy (non-hydrogen) atoms. The zero-order chi connectivity index (χ0) is 13.1. The van der Waals surface area contributed by atoms with Gasteiger partial charge in [0.2, 0.25) is 0 Å². The van der Waals surface area contributed by atoms with Crippen molar-refractivity contribution in [2.45, 2.75) is 6.42 Å². The Labute approximate surface area is 102 Å². The van der Waals surface area contributed by atoms with E-state index in [1.165, 1.54) is 0 Å². The Kier molecular flexibility index (Phi) is 3.22. The SMILES string of the molecule is O=C1c2ccccc2C(=O)N1CCCO[N+](=O)[O-]. The molecular formula is C11H10N2O5. The van der Waals surface area contributed by atoms with E-state index in [1.807, 2.05) is 0 Å². The Balaban J connectivity index is 1.99. The van der Waals surface area contributed by atoms with Gasteiger partial charge in [0.05, 0.1) is 17.7 Å². The highest BCUT2D eigenvalue weighted by molar-refractivity contribution is 6.21. The van der Waals surface area contributed by atoms with Crippen LogP contribution < -0.4 is 0 Å². The average molecular weight is 250 g/mol. The van der Waals surface area contributed by atoms with Crippen molar-refractivity contribution in [3.8, 4) is 0 Å². The van der Waals surface area contributed by atoms with Gasteiger partial charge in [0.15, 0.2) is 0 Å². The lowest BCUT2D eigenvalue weighted by molar-refractivity contribution is -0.757. The summed E-state index contributed by atoms with van der Waals surface area (Å²) in [5.41, 5.74) is 0.746. The van der Waals surface area contributed by atoms with Gasteiger partial charge in [-0.05, 0) is 18.6 Å². The maximum absolute atomic E-state index is 11.9. The number of amides is 2. The predicted octanol–water partition coefficient (Wildman–Crippen LogP) is 0.881. The summed E-state index contributed by atoms with van der Waals surface area (Å²) in [7, 11) is 0. The van der Waals surface area contributed by atoms with Gasteiger partial charge in [-0.3, -0.25) is 14.5 Å². The van der Waals surface area contributed by atoms with E-state index in [2.05, 4.69) is 4.84 Å². The quantitative estimate of drug-likeness (QED) is 0.335. The minimum absolute atomic E-state index is 0.111. The molecular weight excluding hydrogens is 240 g/mol. The molecule has 0 unspecified atom stereocenters. The van der Waals surface area contributed by atoms with Gasteiger partial charge in [0.1, 0.15) is 0 Å². The van der Waals surface area contributed by atoms with Crippen molar-refractivity contribution < 1.29 is 19.5 Å². The minimum atomic E-state index is -0.900. The van der Waals surface area contributed by atoms with Gasteiger partial charge in [-0.1, -0.05) is 12.1 Å². The second-order valence-corrected chi connectivity index (χ2v) is 3.72. The lowest BCUT2D eigenvalue weighted by atomic mass is 10.1. The van der Waals surface area contributed by atoms with Crippen LogP contribution in [0.1, 0.15) is 27.1 Å². The second-order valence-electron chi connectivity index (χ2n) is 3.72. The lowest BCUT2D eigenvalue weighted by Crippen LogP contribution is -2.31. The van der Waals surface area contributed by atoms with Gasteiger partial charge >= 0.3 is 0 Å². The number of nitrogens with zero attached hydrogens (tertiary/aromatic N) is 2. The fraction of sp³-hybridized carbons (Fsp3) is 0.273. The number of imide groups is 1. The minimum Gasteiger partial charge on any atom is -0.314 e. The summed E-state index contributed by atoms with van der Waals surface area (Å²) in [6, 6.07) is 6.54. The second kappa shape index (κ2) is 4.82. The molecule has 94 valence electrons. The summed E-state index contributed by atoms with van der Waals surface area (Å²) >= 11 is 0. The number of carbonyl (C=O) groups is 2. The first kappa shape index (κ1) is 12.0. The molecule has 0 spiro atoms. The first-order valence-electron chi connectivity index (χ1n) is 5.34. The van der Waals surface area contributed by atoms with Crippen molar-refractivity contribution in [1.29, 1.82) is 0 Å². The number of fused-ring (bicyclic) bond motifs is 1. The average Bonchev–Trinajstić information content (AvgIpc) is 2.59. The predicted molar refractivity (Wildman–Crippen MR) is 59.4 cm³/mol. The molecule has 0 N–H and O–H groups in total. The van der Waals surface area contributed by atoms with Gasteiger partial charge in [-0.15, -0.1) is 10.1 Å². The number of rotatable bonds is 5. The molecule has 1 aliphatic heterocycles. The molecule has 0 radical (unpaired) electrons. The summed E-state index contributed by atoms with van der Waals surface area (Å²) in [4.78, 5) is 38.9. The third-order valence-electron chi connectivity index (χ3n) is 2.60. The van der Waals surface area contributed by atoms with Crippen molar-refractivity contribution >= 4 is 11.8 Å². The van der Waals surface area contributed by atoms with Crippen LogP contribution in [-0.4, -0.2) is 35.0 Å². The summed E-state index contributed by atoms with van der Waals surface area (Å²) in [6.45, 7) is -0.0272. The van der Waals surface area contributed by atoms with E-state index in [0.717, 1.165) is 4.90 Å². The molecule has 7 nitrogen and oxygen atoms in total. The highest BCUT2D eigenvalue weighted by Crippen LogP contribution is 2.22. The van der Waals surface area contributed by atoms with Gasteiger partial charge in [-0.2, -0.15) is 0 Å².